The zero-order valence-corrected chi connectivity index (χ0v) is 13.0. The molecule has 0 aliphatic carbocycles. The number of benzene rings is 1. The number of carboxylic acids is 1. The number of rotatable bonds is 2. The van der Waals surface area contributed by atoms with Crippen molar-refractivity contribution >= 4 is 17.7 Å². The Balaban J connectivity index is 1.77. The van der Waals surface area contributed by atoms with E-state index < -0.39 is 5.97 Å². The number of carboxylic acid groups (broad SMARTS) is 1. The first kappa shape index (κ1) is 15.1. The average Bonchev–Trinajstić information content (AvgIpc) is 2.84. The number of carbonyl (C=O) groups is 2. The maximum absolute atomic E-state index is 12.4. The van der Waals surface area contributed by atoms with Crippen molar-refractivity contribution in [1.82, 2.24) is 14.7 Å². The first-order valence-corrected chi connectivity index (χ1v) is 7.36. The molecule has 0 fully saturated rings. The van der Waals surface area contributed by atoms with Crippen LogP contribution in [-0.2, 0) is 20.0 Å². The lowest BCUT2D eigenvalue weighted by Gasteiger charge is -2.26. The second kappa shape index (κ2) is 5.75. The Labute approximate surface area is 133 Å². The maximum atomic E-state index is 12.4. The first-order valence-electron chi connectivity index (χ1n) is 7.36. The molecule has 0 spiro atoms. The summed E-state index contributed by atoms with van der Waals surface area (Å²) in [5, 5.41) is 16.4. The second-order valence-electron chi connectivity index (χ2n) is 5.67. The molecule has 120 valence electrons. The van der Waals surface area contributed by atoms with Gasteiger partial charge in [0, 0.05) is 31.3 Å². The Morgan fingerprint density at radius 3 is 2.61 bits per heavy atom. The third-order valence-electron chi connectivity index (χ3n) is 3.99. The van der Waals surface area contributed by atoms with E-state index in [1.807, 2.05) is 31.2 Å². The first-order chi connectivity index (χ1) is 11.0. The van der Waals surface area contributed by atoms with Gasteiger partial charge >= 0.3 is 12.0 Å². The number of carbonyl (C=O) groups excluding carboxylic acids is 1. The van der Waals surface area contributed by atoms with E-state index in [1.54, 1.807) is 11.9 Å². The van der Waals surface area contributed by atoms with Gasteiger partial charge in [-0.25, -0.2) is 9.59 Å². The molecule has 0 bridgehead atoms. The van der Waals surface area contributed by atoms with Crippen LogP contribution in [0, 0.1) is 6.92 Å². The van der Waals surface area contributed by atoms with E-state index >= 15 is 0 Å². The van der Waals surface area contributed by atoms with Gasteiger partial charge in [0.25, 0.3) is 0 Å². The van der Waals surface area contributed by atoms with Crippen LogP contribution in [0.2, 0.25) is 0 Å². The monoisotopic (exact) mass is 314 g/mol. The Morgan fingerprint density at radius 1 is 1.26 bits per heavy atom. The predicted molar refractivity (Wildman–Crippen MR) is 84.5 cm³/mol. The highest BCUT2D eigenvalue weighted by molar-refractivity contribution is 5.91. The fourth-order valence-corrected chi connectivity index (χ4v) is 2.78. The molecule has 0 radical (unpaired) electrons. The van der Waals surface area contributed by atoms with Gasteiger partial charge in [0.1, 0.15) is 0 Å². The number of aromatic nitrogens is 2. The number of fused-ring (bicyclic) bond motifs is 1. The minimum absolute atomic E-state index is 0.146. The molecule has 0 atom stereocenters. The molecule has 0 saturated carbocycles. The lowest BCUT2D eigenvalue weighted by Crippen LogP contribution is -2.39. The number of hydrogen-bond donors (Lipinski definition) is 2. The molecule has 1 aliphatic heterocycles. The van der Waals surface area contributed by atoms with Gasteiger partial charge in [0.2, 0.25) is 0 Å². The quantitative estimate of drug-likeness (QED) is 0.887. The van der Waals surface area contributed by atoms with Crippen molar-refractivity contribution in [2.45, 2.75) is 19.9 Å². The average molecular weight is 314 g/mol. The van der Waals surface area contributed by atoms with Crippen molar-refractivity contribution in [2.24, 2.45) is 7.05 Å². The molecule has 2 N–H and O–H groups in total. The fraction of sp³-hybridized carbons (Fsp3) is 0.312. The van der Waals surface area contributed by atoms with Crippen LogP contribution in [0.1, 0.15) is 27.3 Å². The summed E-state index contributed by atoms with van der Waals surface area (Å²) in [7, 11) is 1.61. The van der Waals surface area contributed by atoms with Crippen molar-refractivity contribution in [1.29, 1.82) is 0 Å². The Hall–Kier alpha value is -2.83. The van der Waals surface area contributed by atoms with Gasteiger partial charge in [-0.05, 0) is 19.1 Å². The molecular weight excluding hydrogens is 296 g/mol. The number of aromatic carboxylic acids is 1. The predicted octanol–water partition coefficient (Wildman–Crippen LogP) is 2.02. The Morgan fingerprint density at radius 2 is 1.96 bits per heavy atom. The third-order valence-corrected chi connectivity index (χ3v) is 3.99. The largest absolute Gasteiger partial charge is 0.477 e. The standard InChI is InChI=1S/C16H18N4O3/c1-10-3-5-11(6-4-10)17-16(23)20-8-7-13-12(9-20)14(15(21)22)19(2)18-13/h3-6H,7-9H2,1-2H3,(H,17,23)(H,21,22). The minimum Gasteiger partial charge on any atom is -0.477 e. The molecular formula is C16H18N4O3. The van der Waals surface area contributed by atoms with Crippen LogP contribution in [0.4, 0.5) is 10.5 Å². The number of anilines is 1. The second-order valence-corrected chi connectivity index (χ2v) is 5.67. The number of hydrogen-bond acceptors (Lipinski definition) is 3. The zero-order valence-electron chi connectivity index (χ0n) is 13.0. The molecule has 1 aromatic carbocycles. The number of nitrogens with zero attached hydrogens (tertiary/aromatic N) is 3. The molecule has 7 nitrogen and oxygen atoms in total. The van der Waals surface area contributed by atoms with E-state index in [2.05, 4.69) is 10.4 Å². The van der Waals surface area contributed by atoms with Crippen LogP contribution in [0.15, 0.2) is 24.3 Å². The summed E-state index contributed by atoms with van der Waals surface area (Å²) in [5.41, 5.74) is 3.35. The molecule has 2 heterocycles. The highest BCUT2D eigenvalue weighted by Gasteiger charge is 2.29. The van der Waals surface area contributed by atoms with Crippen LogP contribution in [0.5, 0.6) is 0 Å². The van der Waals surface area contributed by atoms with Crippen molar-refractivity contribution in [3.63, 3.8) is 0 Å². The van der Waals surface area contributed by atoms with Crippen LogP contribution < -0.4 is 5.32 Å². The van der Waals surface area contributed by atoms with E-state index in [0.717, 1.165) is 16.9 Å². The van der Waals surface area contributed by atoms with Crippen LogP contribution >= 0.6 is 0 Å². The molecule has 1 aromatic heterocycles. The lowest BCUT2D eigenvalue weighted by atomic mass is 10.1. The molecule has 0 unspecified atom stereocenters. The summed E-state index contributed by atoms with van der Waals surface area (Å²) in [4.78, 5) is 25.4. The number of aryl methyl sites for hydroxylation is 2. The van der Waals surface area contributed by atoms with Gasteiger partial charge in [-0.15, -0.1) is 0 Å². The Bertz CT molecular complexity index is 764. The summed E-state index contributed by atoms with van der Waals surface area (Å²) >= 11 is 0. The summed E-state index contributed by atoms with van der Waals surface area (Å²) < 4.78 is 1.37. The van der Waals surface area contributed by atoms with Crippen LogP contribution in [-0.4, -0.2) is 38.3 Å². The number of urea groups is 1. The van der Waals surface area contributed by atoms with Crippen LogP contribution in [0.3, 0.4) is 0 Å². The van der Waals surface area contributed by atoms with Gasteiger partial charge in [-0.1, -0.05) is 17.7 Å². The third kappa shape index (κ3) is 2.90. The lowest BCUT2D eigenvalue weighted by molar-refractivity contribution is 0.0682. The van der Waals surface area contributed by atoms with Crippen LogP contribution in [0.25, 0.3) is 0 Å². The smallest absolute Gasteiger partial charge is 0.354 e. The highest BCUT2D eigenvalue weighted by atomic mass is 16.4. The van der Waals surface area contributed by atoms with E-state index in [4.69, 9.17) is 0 Å². The summed E-state index contributed by atoms with van der Waals surface area (Å²) in [5.74, 6) is -1.03. The van der Waals surface area contributed by atoms with Crippen molar-refractivity contribution < 1.29 is 14.7 Å². The molecule has 2 amide bonds. The van der Waals surface area contributed by atoms with Crippen molar-refractivity contribution in [2.75, 3.05) is 11.9 Å². The van der Waals surface area contributed by atoms with Gasteiger partial charge in [-0.3, -0.25) is 4.68 Å². The molecule has 0 saturated heterocycles. The molecule has 1 aliphatic rings. The number of nitrogens with one attached hydrogen (secondary N) is 1. The number of amides is 2. The van der Waals surface area contributed by atoms with Gasteiger partial charge in [0.05, 0.1) is 12.2 Å². The maximum Gasteiger partial charge on any atom is 0.354 e. The minimum atomic E-state index is -1.03. The molecule has 3 rings (SSSR count). The zero-order chi connectivity index (χ0) is 16.6. The van der Waals surface area contributed by atoms with Gasteiger partial charge in [0.15, 0.2) is 5.69 Å². The van der Waals surface area contributed by atoms with Gasteiger partial charge in [-0.2, -0.15) is 5.10 Å². The molecule has 2 aromatic rings. The van der Waals surface area contributed by atoms with Crippen molar-refractivity contribution in [3.05, 3.63) is 46.8 Å². The SMILES string of the molecule is Cc1ccc(NC(=O)N2CCc3nn(C)c(C(=O)O)c3C2)cc1. The normalized spacial score (nSPS) is 13.6. The topological polar surface area (TPSA) is 87.5 Å². The van der Waals surface area contributed by atoms with Crippen molar-refractivity contribution in [3.8, 4) is 0 Å². The summed E-state index contributed by atoms with van der Waals surface area (Å²) in [6.45, 7) is 2.75. The van der Waals surface area contributed by atoms with E-state index in [-0.39, 0.29) is 18.3 Å². The molecule has 7 heteroatoms. The highest BCUT2D eigenvalue weighted by Crippen LogP contribution is 2.22. The Kier molecular flexibility index (Phi) is 3.77. The molecule has 23 heavy (non-hydrogen) atoms. The summed E-state index contributed by atoms with van der Waals surface area (Å²) in [6.07, 6.45) is 0.553. The van der Waals surface area contributed by atoms with E-state index in [1.165, 1.54) is 4.68 Å². The van der Waals surface area contributed by atoms with E-state index in [9.17, 15) is 14.7 Å². The fourth-order valence-electron chi connectivity index (χ4n) is 2.78. The van der Waals surface area contributed by atoms with E-state index in [0.29, 0.717) is 18.5 Å². The summed E-state index contributed by atoms with van der Waals surface area (Å²) in [6, 6.07) is 7.30. The van der Waals surface area contributed by atoms with Gasteiger partial charge < -0.3 is 15.3 Å².